The van der Waals surface area contributed by atoms with Crippen molar-refractivity contribution in [2.24, 2.45) is 5.41 Å². The summed E-state index contributed by atoms with van der Waals surface area (Å²) in [6, 6.07) is -0.379. The molecule has 0 aliphatic carbocycles. The van der Waals surface area contributed by atoms with Gasteiger partial charge in [0.25, 0.3) is 0 Å². The van der Waals surface area contributed by atoms with E-state index in [-0.39, 0.29) is 6.04 Å². The third kappa shape index (κ3) is 3.27. The van der Waals surface area contributed by atoms with Gasteiger partial charge in [0.05, 0.1) is 11.9 Å². The lowest BCUT2D eigenvalue weighted by atomic mass is 9.86. The molecule has 0 amide bonds. The van der Waals surface area contributed by atoms with E-state index in [9.17, 15) is 8.78 Å². The first kappa shape index (κ1) is 16.9. The Kier molecular flexibility index (Phi) is 4.56. The minimum absolute atomic E-state index is 0.379. The molecule has 6 nitrogen and oxygen atoms in total. The number of hydrogen-bond donors (Lipinski definition) is 1. The molecule has 1 aliphatic rings. The van der Waals surface area contributed by atoms with E-state index in [0.29, 0.717) is 6.54 Å². The highest BCUT2D eigenvalue weighted by Crippen LogP contribution is 2.30. The van der Waals surface area contributed by atoms with Crippen LogP contribution in [-0.2, 0) is 19.5 Å². The molecule has 3 heterocycles. The third-order valence-corrected chi connectivity index (χ3v) is 4.93. The summed E-state index contributed by atoms with van der Waals surface area (Å²) in [5.74, 6) is 1.93. The van der Waals surface area contributed by atoms with Crippen LogP contribution in [0.5, 0.6) is 0 Å². The van der Waals surface area contributed by atoms with Crippen LogP contribution < -0.4 is 5.32 Å². The molecule has 0 aromatic carbocycles. The highest BCUT2D eigenvalue weighted by Gasteiger charge is 2.35. The van der Waals surface area contributed by atoms with Crippen molar-refractivity contribution in [3.8, 4) is 0 Å². The smallest absolute Gasteiger partial charge is 0.245 e. The van der Waals surface area contributed by atoms with Crippen LogP contribution in [0.1, 0.15) is 45.3 Å². The summed E-state index contributed by atoms with van der Waals surface area (Å²) in [5, 5.41) is 15.9. The topological polar surface area (TPSA) is 60.6 Å². The SMILES string of the molecule is CC(Nc1cnn(Cc2nnc3n2CCCC3)c1)C(C)(C)C(F)F. The normalized spacial score (nSPS) is 16.2. The van der Waals surface area contributed by atoms with Gasteiger partial charge in [-0.25, -0.2) is 8.78 Å². The second-order valence-corrected chi connectivity index (χ2v) is 7.06. The summed E-state index contributed by atoms with van der Waals surface area (Å²) in [5.41, 5.74) is -0.386. The van der Waals surface area contributed by atoms with Gasteiger partial charge < -0.3 is 9.88 Å². The van der Waals surface area contributed by atoms with Crippen LogP contribution >= 0.6 is 0 Å². The number of alkyl halides is 2. The van der Waals surface area contributed by atoms with E-state index in [0.717, 1.165) is 43.1 Å². The lowest BCUT2D eigenvalue weighted by molar-refractivity contribution is 0.0105. The largest absolute Gasteiger partial charge is 0.379 e. The van der Waals surface area contributed by atoms with Gasteiger partial charge in [0, 0.05) is 30.6 Å². The number of nitrogens with one attached hydrogen (secondary N) is 1. The lowest BCUT2D eigenvalue weighted by Gasteiger charge is -2.31. The predicted octanol–water partition coefficient (Wildman–Crippen LogP) is 2.95. The fourth-order valence-corrected chi connectivity index (χ4v) is 2.78. The highest BCUT2D eigenvalue weighted by atomic mass is 19.3. The molecule has 0 saturated carbocycles. The van der Waals surface area contributed by atoms with Crippen LogP contribution in [0, 0.1) is 5.41 Å². The van der Waals surface area contributed by atoms with Crippen molar-refractivity contribution in [2.75, 3.05) is 5.32 Å². The van der Waals surface area contributed by atoms with Gasteiger partial charge in [0.1, 0.15) is 12.4 Å². The maximum atomic E-state index is 13.1. The van der Waals surface area contributed by atoms with Crippen molar-refractivity contribution in [1.29, 1.82) is 0 Å². The number of rotatable bonds is 6. The Labute approximate surface area is 140 Å². The molecule has 2 aromatic rings. The van der Waals surface area contributed by atoms with Gasteiger partial charge in [-0.15, -0.1) is 10.2 Å². The van der Waals surface area contributed by atoms with E-state index < -0.39 is 11.8 Å². The maximum absolute atomic E-state index is 13.1. The molecule has 0 bridgehead atoms. The maximum Gasteiger partial charge on any atom is 0.245 e. The van der Waals surface area contributed by atoms with Gasteiger partial charge in [0.2, 0.25) is 6.43 Å². The van der Waals surface area contributed by atoms with Crippen molar-refractivity contribution < 1.29 is 8.78 Å². The van der Waals surface area contributed by atoms with E-state index in [1.807, 2.05) is 6.20 Å². The van der Waals surface area contributed by atoms with Gasteiger partial charge in [-0.1, -0.05) is 13.8 Å². The van der Waals surface area contributed by atoms with E-state index in [4.69, 9.17) is 0 Å². The third-order valence-electron chi connectivity index (χ3n) is 4.93. The molecule has 0 spiro atoms. The molecule has 0 radical (unpaired) electrons. The fourth-order valence-electron chi connectivity index (χ4n) is 2.78. The Morgan fingerprint density at radius 3 is 2.83 bits per heavy atom. The van der Waals surface area contributed by atoms with Crippen LogP contribution in [0.4, 0.5) is 14.5 Å². The van der Waals surface area contributed by atoms with Crippen molar-refractivity contribution in [3.05, 3.63) is 24.0 Å². The molecule has 1 atom stereocenters. The number of aryl methyl sites for hydroxylation is 1. The molecule has 132 valence electrons. The number of halogens is 2. The summed E-state index contributed by atoms with van der Waals surface area (Å²) in [6.07, 6.45) is 4.36. The summed E-state index contributed by atoms with van der Waals surface area (Å²) < 4.78 is 30.1. The standard InChI is InChI=1S/C16H24F2N6/c1-11(16(2,3)15(17)18)20-12-8-19-23(9-12)10-14-22-21-13-6-4-5-7-24(13)14/h8-9,11,15,20H,4-7,10H2,1-3H3. The number of aromatic nitrogens is 5. The highest BCUT2D eigenvalue weighted by molar-refractivity contribution is 5.39. The summed E-state index contributed by atoms with van der Waals surface area (Å²) >= 11 is 0. The quantitative estimate of drug-likeness (QED) is 0.880. The second-order valence-electron chi connectivity index (χ2n) is 7.06. The number of anilines is 1. The molecule has 0 saturated heterocycles. The van der Waals surface area contributed by atoms with Gasteiger partial charge in [-0.05, 0) is 19.8 Å². The van der Waals surface area contributed by atoms with Crippen molar-refractivity contribution in [1.82, 2.24) is 24.5 Å². The first-order chi connectivity index (χ1) is 11.4. The Hall–Kier alpha value is -1.99. The zero-order valence-corrected chi connectivity index (χ0v) is 14.3. The number of fused-ring (bicyclic) bond motifs is 1. The molecule has 1 unspecified atom stereocenters. The average Bonchev–Trinajstić information content (AvgIpc) is 3.15. The van der Waals surface area contributed by atoms with E-state index in [1.54, 1.807) is 31.6 Å². The minimum atomic E-state index is -2.39. The molecule has 8 heteroatoms. The Morgan fingerprint density at radius 2 is 2.08 bits per heavy atom. The predicted molar refractivity (Wildman–Crippen MR) is 87.2 cm³/mol. The van der Waals surface area contributed by atoms with Crippen LogP contribution in [0.25, 0.3) is 0 Å². The zero-order valence-electron chi connectivity index (χ0n) is 14.3. The molecular weight excluding hydrogens is 314 g/mol. The van der Waals surface area contributed by atoms with Gasteiger partial charge in [-0.3, -0.25) is 4.68 Å². The molecular formula is C16H24F2N6. The van der Waals surface area contributed by atoms with Crippen molar-refractivity contribution >= 4 is 5.69 Å². The number of hydrogen-bond acceptors (Lipinski definition) is 4. The molecule has 3 rings (SSSR count). The van der Waals surface area contributed by atoms with Crippen LogP contribution in [-0.4, -0.2) is 37.0 Å². The van der Waals surface area contributed by atoms with Crippen LogP contribution in [0.3, 0.4) is 0 Å². The molecule has 0 fully saturated rings. The molecule has 1 aliphatic heterocycles. The summed E-state index contributed by atoms with van der Waals surface area (Å²) in [7, 11) is 0. The van der Waals surface area contributed by atoms with E-state index in [2.05, 4.69) is 25.2 Å². The van der Waals surface area contributed by atoms with E-state index in [1.165, 1.54) is 0 Å². The van der Waals surface area contributed by atoms with Crippen molar-refractivity contribution in [2.45, 2.75) is 65.6 Å². The first-order valence-electron chi connectivity index (χ1n) is 8.36. The van der Waals surface area contributed by atoms with E-state index >= 15 is 0 Å². The number of nitrogens with zero attached hydrogens (tertiary/aromatic N) is 5. The zero-order chi connectivity index (χ0) is 17.3. The minimum Gasteiger partial charge on any atom is -0.379 e. The Balaban J connectivity index is 1.67. The molecule has 24 heavy (non-hydrogen) atoms. The van der Waals surface area contributed by atoms with Crippen LogP contribution in [0.15, 0.2) is 12.4 Å². The van der Waals surface area contributed by atoms with Crippen molar-refractivity contribution in [3.63, 3.8) is 0 Å². The Morgan fingerprint density at radius 1 is 1.29 bits per heavy atom. The summed E-state index contributed by atoms with van der Waals surface area (Å²) in [6.45, 7) is 6.35. The average molecular weight is 338 g/mol. The summed E-state index contributed by atoms with van der Waals surface area (Å²) in [4.78, 5) is 0. The fraction of sp³-hybridized carbons (Fsp3) is 0.688. The van der Waals surface area contributed by atoms with Gasteiger partial charge in [0.15, 0.2) is 5.82 Å². The van der Waals surface area contributed by atoms with Gasteiger partial charge >= 0.3 is 0 Å². The lowest BCUT2D eigenvalue weighted by Crippen LogP contribution is -2.39. The second kappa shape index (κ2) is 6.49. The monoisotopic (exact) mass is 338 g/mol. The van der Waals surface area contributed by atoms with Gasteiger partial charge in [-0.2, -0.15) is 5.10 Å². The molecule has 2 aromatic heterocycles. The Bertz CT molecular complexity index is 691. The first-order valence-corrected chi connectivity index (χ1v) is 8.36. The van der Waals surface area contributed by atoms with Crippen LogP contribution in [0.2, 0.25) is 0 Å². The molecule has 1 N–H and O–H groups in total.